The topological polar surface area (TPSA) is 51.0 Å². The molecule has 0 saturated carbocycles. The van der Waals surface area contributed by atoms with Gasteiger partial charge in [0.1, 0.15) is 0 Å². The number of nitrogens with one attached hydrogen (secondary N) is 1. The van der Waals surface area contributed by atoms with Gasteiger partial charge >= 0.3 is 0 Å². The summed E-state index contributed by atoms with van der Waals surface area (Å²) in [6.07, 6.45) is 3.65. The predicted molar refractivity (Wildman–Crippen MR) is 74.5 cm³/mol. The molecule has 1 aliphatic rings. The van der Waals surface area contributed by atoms with Crippen LogP contribution in [0.3, 0.4) is 0 Å². The zero-order valence-electron chi connectivity index (χ0n) is 11.5. The van der Waals surface area contributed by atoms with Crippen LogP contribution in [-0.4, -0.2) is 21.9 Å². The SMILES string of the molecule is CCC(C)SCc1noc(C2NCCCC2C)n1. The number of hydrogen-bond donors (Lipinski definition) is 1. The summed E-state index contributed by atoms with van der Waals surface area (Å²) < 4.78 is 5.40. The smallest absolute Gasteiger partial charge is 0.244 e. The molecule has 3 atom stereocenters. The Morgan fingerprint density at radius 2 is 2.39 bits per heavy atom. The maximum absolute atomic E-state index is 5.40. The summed E-state index contributed by atoms with van der Waals surface area (Å²) in [6, 6.07) is 0.244. The maximum atomic E-state index is 5.40. The van der Waals surface area contributed by atoms with Gasteiger partial charge in [0.25, 0.3) is 0 Å². The first-order chi connectivity index (χ1) is 8.70. The van der Waals surface area contributed by atoms with E-state index in [1.54, 1.807) is 0 Å². The van der Waals surface area contributed by atoms with Crippen molar-refractivity contribution in [3.05, 3.63) is 11.7 Å². The Kier molecular flexibility index (Phi) is 5.06. The minimum absolute atomic E-state index is 0.244. The van der Waals surface area contributed by atoms with E-state index in [1.165, 1.54) is 19.3 Å². The fraction of sp³-hybridized carbons (Fsp3) is 0.846. The van der Waals surface area contributed by atoms with Crippen molar-refractivity contribution in [3.63, 3.8) is 0 Å². The molecule has 0 aromatic carbocycles. The van der Waals surface area contributed by atoms with Crippen molar-refractivity contribution in [1.82, 2.24) is 15.5 Å². The number of aromatic nitrogens is 2. The molecule has 1 aromatic heterocycles. The van der Waals surface area contributed by atoms with E-state index in [4.69, 9.17) is 4.52 Å². The van der Waals surface area contributed by atoms with E-state index >= 15 is 0 Å². The Morgan fingerprint density at radius 1 is 1.56 bits per heavy atom. The lowest BCUT2D eigenvalue weighted by atomic mass is 9.93. The van der Waals surface area contributed by atoms with Crippen LogP contribution >= 0.6 is 11.8 Å². The van der Waals surface area contributed by atoms with Crippen molar-refractivity contribution >= 4 is 11.8 Å². The zero-order chi connectivity index (χ0) is 13.0. The molecule has 2 rings (SSSR count). The van der Waals surface area contributed by atoms with E-state index < -0.39 is 0 Å². The van der Waals surface area contributed by atoms with Crippen molar-refractivity contribution in [3.8, 4) is 0 Å². The number of piperidine rings is 1. The molecule has 0 bridgehead atoms. The Morgan fingerprint density at radius 3 is 3.11 bits per heavy atom. The highest BCUT2D eigenvalue weighted by molar-refractivity contribution is 7.99. The van der Waals surface area contributed by atoms with Crippen LogP contribution in [0.4, 0.5) is 0 Å². The molecule has 0 radical (unpaired) electrons. The van der Waals surface area contributed by atoms with Gasteiger partial charge in [0, 0.05) is 5.25 Å². The summed E-state index contributed by atoms with van der Waals surface area (Å²) in [7, 11) is 0. The van der Waals surface area contributed by atoms with Crippen LogP contribution < -0.4 is 5.32 Å². The summed E-state index contributed by atoms with van der Waals surface area (Å²) in [5.74, 6) is 3.02. The molecule has 1 fully saturated rings. The lowest BCUT2D eigenvalue weighted by Crippen LogP contribution is -2.33. The van der Waals surface area contributed by atoms with Crippen LogP contribution in [0.1, 0.15) is 57.8 Å². The molecule has 0 spiro atoms. The first-order valence-corrected chi connectivity index (χ1v) is 7.93. The number of rotatable bonds is 5. The van der Waals surface area contributed by atoms with Gasteiger partial charge in [-0.2, -0.15) is 16.7 Å². The van der Waals surface area contributed by atoms with Crippen LogP contribution in [0.15, 0.2) is 4.52 Å². The van der Waals surface area contributed by atoms with Crippen LogP contribution in [-0.2, 0) is 5.75 Å². The lowest BCUT2D eigenvalue weighted by Gasteiger charge is -2.26. The van der Waals surface area contributed by atoms with Crippen molar-refractivity contribution in [2.24, 2.45) is 5.92 Å². The van der Waals surface area contributed by atoms with Gasteiger partial charge in [0.15, 0.2) is 5.82 Å². The van der Waals surface area contributed by atoms with Crippen LogP contribution in [0.5, 0.6) is 0 Å². The predicted octanol–water partition coefficient (Wildman–Crippen LogP) is 3.16. The average Bonchev–Trinajstić information content (AvgIpc) is 2.85. The molecule has 0 aliphatic carbocycles. The Bertz CT molecular complexity index is 369. The molecule has 0 amide bonds. The molecular weight excluding hydrogens is 246 g/mol. The second kappa shape index (κ2) is 6.57. The number of hydrogen-bond acceptors (Lipinski definition) is 5. The molecule has 1 N–H and O–H groups in total. The van der Waals surface area contributed by atoms with E-state index in [0.29, 0.717) is 11.2 Å². The van der Waals surface area contributed by atoms with Gasteiger partial charge in [-0.1, -0.05) is 25.9 Å². The first kappa shape index (κ1) is 13.9. The zero-order valence-corrected chi connectivity index (χ0v) is 12.3. The average molecular weight is 269 g/mol. The Labute approximate surface area is 113 Å². The van der Waals surface area contributed by atoms with E-state index in [2.05, 4.69) is 36.2 Å². The number of nitrogens with zero attached hydrogens (tertiary/aromatic N) is 2. The molecule has 1 aliphatic heterocycles. The van der Waals surface area contributed by atoms with E-state index in [9.17, 15) is 0 Å². The van der Waals surface area contributed by atoms with Gasteiger partial charge in [-0.05, 0) is 31.7 Å². The van der Waals surface area contributed by atoms with E-state index in [-0.39, 0.29) is 6.04 Å². The van der Waals surface area contributed by atoms with Crippen molar-refractivity contribution < 1.29 is 4.52 Å². The third-order valence-corrected chi connectivity index (χ3v) is 4.92. The quantitative estimate of drug-likeness (QED) is 0.890. The third kappa shape index (κ3) is 3.48. The summed E-state index contributed by atoms with van der Waals surface area (Å²) in [5, 5.41) is 8.21. The van der Waals surface area contributed by atoms with Crippen molar-refractivity contribution in [2.45, 2.75) is 57.1 Å². The first-order valence-electron chi connectivity index (χ1n) is 6.88. The summed E-state index contributed by atoms with van der Waals surface area (Å²) in [4.78, 5) is 4.53. The molecule has 2 heterocycles. The minimum Gasteiger partial charge on any atom is -0.338 e. The van der Waals surface area contributed by atoms with Crippen LogP contribution in [0, 0.1) is 5.92 Å². The molecule has 1 aromatic rings. The highest BCUT2D eigenvalue weighted by atomic mass is 32.2. The molecule has 102 valence electrons. The molecule has 3 unspecified atom stereocenters. The van der Waals surface area contributed by atoms with Crippen LogP contribution in [0.2, 0.25) is 0 Å². The van der Waals surface area contributed by atoms with Gasteiger partial charge in [-0.15, -0.1) is 0 Å². The fourth-order valence-electron chi connectivity index (χ4n) is 2.17. The van der Waals surface area contributed by atoms with Crippen molar-refractivity contribution in [2.75, 3.05) is 6.54 Å². The number of thioether (sulfide) groups is 1. The lowest BCUT2D eigenvalue weighted by molar-refractivity contribution is 0.239. The highest BCUT2D eigenvalue weighted by Crippen LogP contribution is 2.28. The van der Waals surface area contributed by atoms with Crippen molar-refractivity contribution in [1.29, 1.82) is 0 Å². The standard InChI is InChI=1S/C13H23N3OS/c1-4-10(3)18-8-11-15-13(17-16-11)12-9(2)6-5-7-14-12/h9-10,12,14H,4-8H2,1-3H3. The summed E-state index contributed by atoms with van der Waals surface area (Å²) in [6.45, 7) is 7.73. The fourth-order valence-corrected chi connectivity index (χ4v) is 2.95. The van der Waals surface area contributed by atoms with Gasteiger partial charge in [0.05, 0.1) is 11.8 Å². The van der Waals surface area contributed by atoms with E-state index in [0.717, 1.165) is 24.0 Å². The largest absolute Gasteiger partial charge is 0.338 e. The molecule has 1 saturated heterocycles. The molecule has 18 heavy (non-hydrogen) atoms. The molecule has 5 heteroatoms. The Hall–Kier alpha value is -0.550. The highest BCUT2D eigenvalue weighted by Gasteiger charge is 2.27. The third-order valence-electron chi connectivity index (χ3n) is 3.59. The van der Waals surface area contributed by atoms with Gasteiger partial charge < -0.3 is 9.84 Å². The van der Waals surface area contributed by atoms with Crippen LogP contribution in [0.25, 0.3) is 0 Å². The van der Waals surface area contributed by atoms with Gasteiger partial charge in [-0.3, -0.25) is 0 Å². The monoisotopic (exact) mass is 269 g/mol. The maximum Gasteiger partial charge on any atom is 0.244 e. The second-order valence-electron chi connectivity index (χ2n) is 5.13. The van der Waals surface area contributed by atoms with Gasteiger partial charge in [0.2, 0.25) is 5.89 Å². The normalized spacial score (nSPS) is 26.2. The van der Waals surface area contributed by atoms with E-state index in [1.807, 2.05) is 11.8 Å². The Balaban J connectivity index is 1.92. The second-order valence-corrected chi connectivity index (χ2v) is 6.56. The summed E-state index contributed by atoms with van der Waals surface area (Å²) in [5.41, 5.74) is 0. The molecule has 4 nitrogen and oxygen atoms in total. The summed E-state index contributed by atoms with van der Waals surface area (Å²) >= 11 is 1.88. The molecular formula is C13H23N3OS. The minimum atomic E-state index is 0.244. The van der Waals surface area contributed by atoms with Gasteiger partial charge in [-0.25, -0.2) is 0 Å².